The molecule has 0 bridgehead atoms. The van der Waals surface area contributed by atoms with E-state index in [0.29, 0.717) is 16.7 Å². The summed E-state index contributed by atoms with van der Waals surface area (Å²) >= 11 is 0. The smallest absolute Gasteiger partial charge is 0.424 e. The van der Waals surface area contributed by atoms with E-state index in [1.807, 2.05) is 0 Å². The van der Waals surface area contributed by atoms with Crippen LogP contribution in [0.25, 0.3) is 11.0 Å². The minimum absolute atomic E-state index is 0.0628. The largest absolute Gasteiger partial charge is 0.464 e. The molecule has 0 aliphatic rings. The van der Waals surface area contributed by atoms with E-state index in [1.165, 1.54) is 0 Å². The standard InChI is InChI=1S/C9H8N4O4/c1-4-5-2-3-10-6(5)12-7(11-4)13(8(14)15)9(16)17/h2-3H,1H3,(H,14,15)(H,16,17)(H,10,11,12). The predicted molar refractivity (Wildman–Crippen MR) is 57.2 cm³/mol. The van der Waals surface area contributed by atoms with Crippen LogP contribution >= 0.6 is 0 Å². The number of aryl methyl sites for hydroxylation is 1. The number of imide groups is 1. The molecule has 17 heavy (non-hydrogen) atoms. The molecule has 2 rings (SSSR count). The fourth-order valence-corrected chi connectivity index (χ4v) is 1.43. The molecule has 0 saturated heterocycles. The molecule has 2 amide bonds. The predicted octanol–water partition coefficient (Wildman–Crippen LogP) is 1.43. The quantitative estimate of drug-likeness (QED) is 0.688. The first-order valence-corrected chi connectivity index (χ1v) is 4.58. The molecular weight excluding hydrogens is 228 g/mol. The number of carbonyl (C=O) groups is 2. The second-order valence-corrected chi connectivity index (χ2v) is 3.25. The summed E-state index contributed by atoms with van der Waals surface area (Å²) in [6.45, 7) is 1.64. The topological polar surface area (TPSA) is 119 Å². The van der Waals surface area contributed by atoms with Crippen molar-refractivity contribution in [2.24, 2.45) is 0 Å². The number of H-pyrrole nitrogens is 1. The number of hydrogen-bond donors (Lipinski definition) is 3. The summed E-state index contributed by atoms with van der Waals surface area (Å²) in [4.78, 5) is 32.1. The molecule has 3 N–H and O–H groups in total. The molecule has 0 fully saturated rings. The van der Waals surface area contributed by atoms with E-state index in [-0.39, 0.29) is 4.90 Å². The highest BCUT2D eigenvalue weighted by molar-refractivity contribution is 6.06. The molecular formula is C9H8N4O4. The molecule has 2 aromatic heterocycles. The molecule has 88 valence electrons. The number of rotatable bonds is 1. The first kappa shape index (κ1) is 10.9. The van der Waals surface area contributed by atoms with Crippen molar-refractivity contribution in [2.45, 2.75) is 6.92 Å². The van der Waals surface area contributed by atoms with Crippen molar-refractivity contribution >= 4 is 29.2 Å². The number of nitrogens with zero attached hydrogens (tertiary/aromatic N) is 3. The fourth-order valence-electron chi connectivity index (χ4n) is 1.43. The van der Waals surface area contributed by atoms with Gasteiger partial charge in [0.05, 0.1) is 5.69 Å². The SMILES string of the molecule is Cc1nc(N(C(=O)O)C(=O)O)nc2[nH]ccc12. The molecule has 0 atom stereocenters. The Morgan fingerprint density at radius 3 is 2.53 bits per heavy atom. The number of fused-ring (bicyclic) bond motifs is 1. The van der Waals surface area contributed by atoms with Crippen LogP contribution in [0.3, 0.4) is 0 Å². The molecule has 0 aliphatic heterocycles. The van der Waals surface area contributed by atoms with Crippen molar-refractivity contribution in [1.29, 1.82) is 0 Å². The van der Waals surface area contributed by atoms with Crippen molar-refractivity contribution < 1.29 is 19.8 Å². The summed E-state index contributed by atoms with van der Waals surface area (Å²) in [5, 5.41) is 18.2. The molecule has 2 heterocycles. The van der Waals surface area contributed by atoms with Crippen molar-refractivity contribution in [3.8, 4) is 0 Å². The molecule has 0 saturated carbocycles. The number of nitrogens with one attached hydrogen (secondary N) is 1. The maximum Gasteiger partial charge on any atom is 0.424 e. The third kappa shape index (κ3) is 1.75. The van der Waals surface area contributed by atoms with Gasteiger partial charge >= 0.3 is 12.2 Å². The van der Waals surface area contributed by atoms with Gasteiger partial charge in [-0.25, -0.2) is 14.6 Å². The number of aromatic nitrogens is 3. The summed E-state index contributed by atoms with van der Waals surface area (Å²) in [5.41, 5.74) is 0.888. The van der Waals surface area contributed by atoms with Crippen LogP contribution in [0.15, 0.2) is 12.3 Å². The Morgan fingerprint density at radius 2 is 1.94 bits per heavy atom. The van der Waals surface area contributed by atoms with Gasteiger partial charge in [0, 0.05) is 11.6 Å². The highest BCUT2D eigenvalue weighted by atomic mass is 16.4. The van der Waals surface area contributed by atoms with Gasteiger partial charge in [0.15, 0.2) is 0 Å². The summed E-state index contributed by atoms with van der Waals surface area (Å²) < 4.78 is 0. The molecule has 8 heteroatoms. The van der Waals surface area contributed by atoms with Gasteiger partial charge < -0.3 is 15.2 Å². The number of hydrogen-bond acceptors (Lipinski definition) is 4. The van der Waals surface area contributed by atoms with Crippen LogP contribution < -0.4 is 4.90 Å². The van der Waals surface area contributed by atoms with E-state index < -0.39 is 18.1 Å². The minimum atomic E-state index is -1.65. The zero-order chi connectivity index (χ0) is 12.6. The molecule has 0 aromatic carbocycles. The number of amides is 2. The van der Waals surface area contributed by atoms with E-state index in [1.54, 1.807) is 19.2 Å². The molecule has 0 spiro atoms. The van der Waals surface area contributed by atoms with Gasteiger partial charge in [-0.2, -0.15) is 4.98 Å². The Morgan fingerprint density at radius 1 is 1.29 bits per heavy atom. The molecule has 0 unspecified atom stereocenters. The normalized spacial score (nSPS) is 10.4. The lowest BCUT2D eigenvalue weighted by molar-refractivity contribution is 0.184. The van der Waals surface area contributed by atoms with Gasteiger partial charge in [0.2, 0.25) is 5.95 Å². The molecule has 0 radical (unpaired) electrons. The lowest BCUT2D eigenvalue weighted by Crippen LogP contribution is -2.36. The van der Waals surface area contributed by atoms with Gasteiger partial charge in [0.1, 0.15) is 5.65 Å². The summed E-state index contributed by atoms with van der Waals surface area (Å²) in [6.07, 6.45) is -1.69. The van der Waals surface area contributed by atoms with E-state index in [2.05, 4.69) is 15.0 Å². The average molecular weight is 236 g/mol. The third-order valence-electron chi connectivity index (χ3n) is 2.18. The van der Waals surface area contributed by atoms with Gasteiger partial charge in [0.25, 0.3) is 0 Å². The molecule has 2 aromatic rings. The maximum atomic E-state index is 10.8. The highest BCUT2D eigenvalue weighted by Gasteiger charge is 2.25. The van der Waals surface area contributed by atoms with E-state index in [0.717, 1.165) is 0 Å². The van der Waals surface area contributed by atoms with E-state index in [9.17, 15) is 9.59 Å². The van der Waals surface area contributed by atoms with Gasteiger partial charge in [-0.15, -0.1) is 4.90 Å². The third-order valence-corrected chi connectivity index (χ3v) is 2.18. The van der Waals surface area contributed by atoms with Gasteiger partial charge in [-0.1, -0.05) is 0 Å². The first-order valence-electron chi connectivity index (χ1n) is 4.58. The Balaban J connectivity index is 2.61. The number of anilines is 1. The average Bonchev–Trinajstić information content (AvgIpc) is 2.64. The van der Waals surface area contributed by atoms with E-state index >= 15 is 0 Å². The highest BCUT2D eigenvalue weighted by Crippen LogP contribution is 2.18. The van der Waals surface area contributed by atoms with Crippen molar-refractivity contribution in [3.63, 3.8) is 0 Å². The van der Waals surface area contributed by atoms with Crippen molar-refractivity contribution in [3.05, 3.63) is 18.0 Å². The van der Waals surface area contributed by atoms with Crippen LogP contribution in [0.4, 0.5) is 15.5 Å². The van der Waals surface area contributed by atoms with Crippen LogP contribution in [0, 0.1) is 6.92 Å². The zero-order valence-corrected chi connectivity index (χ0v) is 8.71. The molecule has 8 nitrogen and oxygen atoms in total. The Bertz CT molecular complexity index is 592. The summed E-state index contributed by atoms with van der Waals surface area (Å²) in [7, 11) is 0. The fraction of sp³-hybridized carbons (Fsp3) is 0.111. The van der Waals surface area contributed by atoms with Crippen LogP contribution in [-0.2, 0) is 0 Å². The maximum absolute atomic E-state index is 10.8. The van der Waals surface area contributed by atoms with Gasteiger partial charge in [-0.05, 0) is 13.0 Å². The van der Waals surface area contributed by atoms with Crippen LogP contribution in [0.5, 0.6) is 0 Å². The Hall–Kier alpha value is -2.64. The Kier molecular flexibility index (Phi) is 2.39. The minimum Gasteiger partial charge on any atom is -0.464 e. The van der Waals surface area contributed by atoms with Crippen molar-refractivity contribution in [1.82, 2.24) is 15.0 Å². The summed E-state index contributed by atoms with van der Waals surface area (Å²) in [6, 6.07) is 1.72. The monoisotopic (exact) mass is 236 g/mol. The number of carboxylic acid groups (broad SMARTS) is 2. The Labute approximate surface area is 94.5 Å². The van der Waals surface area contributed by atoms with Crippen LogP contribution in [0.2, 0.25) is 0 Å². The summed E-state index contributed by atoms with van der Waals surface area (Å²) in [5.74, 6) is -0.391. The lowest BCUT2D eigenvalue weighted by atomic mass is 10.3. The molecule has 0 aliphatic carbocycles. The van der Waals surface area contributed by atoms with Crippen molar-refractivity contribution in [2.75, 3.05) is 4.90 Å². The second-order valence-electron chi connectivity index (χ2n) is 3.25. The van der Waals surface area contributed by atoms with Gasteiger partial charge in [-0.3, -0.25) is 0 Å². The van der Waals surface area contributed by atoms with Crippen LogP contribution in [-0.4, -0.2) is 37.4 Å². The lowest BCUT2D eigenvalue weighted by Gasteiger charge is -2.11. The first-order chi connectivity index (χ1) is 8.00. The second kappa shape index (κ2) is 3.74. The van der Waals surface area contributed by atoms with Crippen LogP contribution in [0.1, 0.15) is 5.69 Å². The van der Waals surface area contributed by atoms with E-state index in [4.69, 9.17) is 10.2 Å². The number of aromatic amines is 1. The zero-order valence-electron chi connectivity index (χ0n) is 8.71.